The molecule has 0 bridgehead atoms. The first-order valence-electron chi connectivity index (χ1n) is 6.02. The normalized spacial score (nSPS) is 10.2. The van der Waals surface area contributed by atoms with E-state index in [4.69, 9.17) is 22.1 Å². The van der Waals surface area contributed by atoms with Gasteiger partial charge in [0.15, 0.2) is 0 Å². The van der Waals surface area contributed by atoms with Gasteiger partial charge in [-0.2, -0.15) is 0 Å². The van der Waals surface area contributed by atoms with Gasteiger partial charge in [-0.1, -0.05) is 17.7 Å². The number of hydrogen-bond acceptors (Lipinski definition) is 3. The maximum absolute atomic E-state index is 12.1. The third-order valence-electron chi connectivity index (χ3n) is 2.93. The van der Waals surface area contributed by atoms with Crippen LogP contribution in [0.4, 0.5) is 11.4 Å². The van der Waals surface area contributed by atoms with Gasteiger partial charge >= 0.3 is 0 Å². The number of nitrogens with one attached hydrogen (secondary N) is 1. The van der Waals surface area contributed by atoms with Crippen LogP contribution < -0.4 is 15.8 Å². The van der Waals surface area contributed by atoms with Crippen LogP contribution in [0.5, 0.6) is 5.75 Å². The molecule has 0 heterocycles. The third-order valence-corrected chi connectivity index (χ3v) is 3.33. The molecule has 0 saturated heterocycles. The van der Waals surface area contributed by atoms with Crippen molar-refractivity contribution >= 4 is 28.9 Å². The molecule has 2 rings (SSSR count). The van der Waals surface area contributed by atoms with E-state index in [1.54, 1.807) is 36.4 Å². The molecule has 1 amide bonds. The van der Waals surface area contributed by atoms with Crippen molar-refractivity contribution in [2.24, 2.45) is 0 Å². The van der Waals surface area contributed by atoms with Crippen molar-refractivity contribution in [3.8, 4) is 5.75 Å². The van der Waals surface area contributed by atoms with Crippen LogP contribution in [0.15, 0.2) is 36.4 Å². The zero-order valence-electron chi connectivity index (χ0n) is 11.2. The van der Waals surface area contributed by atoms with Crippen LogP contribution in [-0.2, 0) is 0 Å². The summed E-state index contributed by atoms with van der Waals surface area (Å²) in [5, 5.41) is 3.34. The molecular weight excluding hydrogens is 276 g/mol. The van der Waals surface area contributed by atoms with Gasteiger partial charge in [0, 0.05) is 22.3 Å². The number of benzene rings is 2. The van der Waals surface area contributed by atoms with Gasteiger partial charge in [0.25, 0.3) is 5.91 Å². The van der Waals surface area contributed by atoms with Gasteiger partial charge in [0.05, 0.1) is 12.8 Å². The number of nitrogens with two attached hydrogens (primary N) is 1. The largest absolute Gasteiger partial charge is 0.495 e. The number of nitrogen functional groups attached to an aromatic ring is 1. The molecule has 20 heavy (non-hydrogen) atoms. The summed E-state index contributed by atoms with van der Waals surface area (Å²) in [5.74, 6) is 0.281. The second kappa shape index (κ2) is 5.84. The number of carbonyl (C=O) groups is 1. The number of carbonyl (C=O) groups excluding carboxylic acids is 1. The zero-order valence-corrected chi connectivity index (χ0v) is 12.0. The summed E-state index contributed by atoms with van der Waals surface area (Å²) in [4.78, 5) is 12.1. The van der Waals surface area contributed by atoms with E-state index in [1.165, 1.54) is 7.11 Å². The number of hydrogen-bond donors (Lipinski definition) is 2. The van der Waals surface area contributed by atoms with Crippen molar-refractivity contribution in [2.75, 3.05) is 18.2 Å². The number of ether oxygens (including phenoxy) is 1. The molecule has 0 aromatic heterocycles. The minimum atomic E-state index is -0.237. The van der Waals surface area contributed by atoms with Gasteiger partial charge in [-0.3, -0.25) is 4.79 Å². The average Bonchev–Trinajstić information content (AvgIpc) is 2.43. The van der Waals surface area contributed by atoms with Gasteiger partial charge in [0.1, 0.15) is 5.75 Å². The summed E-state index contributed by atoms with van der Waals surface area (Å²) < 4.78 is 5.11. The molecule has 0 fully saturated rings. The van der Waals surface area contributed by atoms with E-state index in [2.05, 4.69) is 5.32 Å². The molecule has 0 aliphatic rings. The molecular formula is C15H15ClN2O2. The van der Waals surface area contributed by atoms with Crippen LogP contribution >= 0.6 is 11.6 Å². The molecule has 3 N–H and O–H groups in total. The molecule has 0 spiro atoms. The average molecular weight is 291 g/mol. The number of amides is 1. The first kappa shape index (κ1) is 14.2. The summed E-state index contributed by atoms with van der Waals surface area (Å²) >= 11 is 6.01. The van der Waals surface area contributed by atoms with Gasteiger partial charge < -0.3 is 15.8 Å². The lowest BCUT2D eigenvalue weighted by Gasteiger charge is -2.09. The van der Waals surface area contributed by atoms with Crippen molar-refractivity contribution in [2.45, 2.75) is 6.92 Å². The monoisotopic (exact) mass is 290 g/mol. The highest BCUT2D eigenvalue weighted by atomic mass is 35.5. The Bertz CT molecular complexity index is 656. The summed E-state index contributed by atoms with van der Waals surface area (Å²) in [6, 6.07) is 10.2. The molecule has 0 aliphatic heterocycles. The molecule has 0 atom stereocenters. The minimum Gasteiger partial charge on any atom is -0.495 e. The van der Waals surface area contributed by atoms with Crippen LogP contribution in [0.1, 0.15) is 15.9 Å². The Balaban J connectivity index is 2.21. The Morgan fingerprint density at radius 3 is 2.65 bits per heavy atom. The van der Waals surface area contributed by atoms with Crippen LogP contribution in [0.2, 0.25) is 5.02 Å². The van der Waals surface area contributed by atoms with Crippen LogP contribution in [0.3, 0.4) is 0 Å². The Morgan fingerprint density at radius 1 is 1.25 bits per heavy atom. The third kappa shape index (κ3) is 3.03. The SMILES string of the molecule is COc1cc(NC(=O)c2ccc(C)c(Cl)c2)ccc1N. The summed E-state index contributed by atoms with van der Waals surface area (Å²) in [6.45, 7) is 1.88. The second-order valence-corrected chi connectivity index (χ2v) is 4.78. The number of methoxy groups -OCH3 is 1. The van der Waals surface area contributed by atoms with Crippen LogP contribution in [0.25, 0.3) is 0 Å². The Hall–Kier alpha value is -2.20. The highest BCUT2D eigenvalue weighted by molar-refractivity contribution is 6.31. The van der Waals surface area contributed by atoms with E-state index in [-0.39, 0.29) is 5.91 Å². The molecule has 104 valence electrons. The van der Waals surface area contributed by atoms with Gasteiger partial charge in [-0.25, -0.2) is 0 Å². The molecule has 5 heteroatoms. The standard InChI is InChI=1S/C15H15ClN2O2/c1-9-3-4-10(7-12(9)16)15(19)18-11-5-6-13(17)14(8-11)20-2/h3-8H,17H2,1-2H3,(H,18,19). The van der Waals surface area contributed by atoms with E-state index < -0.39 is 0 Å². The summed E-state index contributed by atoms with van der Waals surface area (Å²) in [6.07, 6.45) is 0. The molecule has 2 aromatic carbocycles. The first-order valence-corrected chi connectivity index (χ1v) is 6.40. The number of anilines is 2. The van der Waals surface area contributed by atoms with E-state index in [0.717, 1.165) is 5.56 Å². The maximum Gasteiger partial charge on any atom is 0.255 e. The quantitative estimate of drug-likeness (QED) is 0.851. The predicted molar refractivity (Wildman–Crippen MR) is 81.5 cm³/mol. The molecule has 0 aliphatic carbocycles. The van der Waals surface area contributed by atoms with Gasteiger partial charge in [-0.05, 0) is 36.8 Å². The van der Waals surface area contributed by atoms with Crippen molar-refractivity contribution in [1.29, 1.82) is 0 Å². The fraction of sp³-hybridized carbons (Fsp3) is 0.133. The minimum absolute atomic E-state index is 0.237. The fourth-order valence-corrected chi connectivity index (χ4v) is 1.91. The molecule has 0 radical (unpaired) electrons. The van der Waals surface area contributed by atoms with E-state index in [1.807, 2.05) is 6.92 Å². The lowest BCUT2D eigenvalue weighted by Crippen LogP contribution is -2.12. The number of halogens is 1. The molecule has 0 saturated carbocycles. The first-order chi connectivity index (χ1) is 9.51. The smallest absolute Gasteiger partial charge is 0.255 e. The second-order valence-electron chi connectivity index (χ2n) is 4.37. The number of rotatable bonds is 3. The Kier molecular flexibility index (Phi) is 4.15. The highest BCUT2D eigenvalue weighted by Crippen LogP contribution is 2.25. The zero-order chi connectivity index (χ0) is 14.7. The molecule has 2 aromatic rings. The van der Waals surface area contributed by atoms with E-state index in [9.17, 15) is 4.79 Å². The lowest BCUT2D eigenvalue weighted by atomic mass is 10.1. The fourth-order valence-electron chi connectivity index (χ4n) is 1.73. The molecule has 0 unspecified atom stereocenters. The van der Waals surface area contributed by atoms with Gasteiger partial charge in [0.2, 0.25) is 0 Å². The molecule has 4 nitrogen and oxygen atoms in total. The lowest BCUT2D eigenvalue weighted by molar-refractivity contribution is 0.102. The van der Waals surface area contributed by atoms with Gasteiger partial charge in [-0.15, -0.1) is 0 Å². The van der Waals surface area contributed by atoms with Crippen molar-refractivity contribution < 1.29 is 9.53 Å². The van der Waals surface area contributed by atoms with Crippen molar-refractivity contribution in [3.05, 3.63) is 52.5 Å². The Morgan fingerprint density at radius 2 is 2.00 bits per heavy atom. The van der Waals surface area contributed by atoms with E-state index >= 15 is 0 Å². The van der Waals surface area contributed by atoms with Crippen molar-refractivity contribution in [1.82, 2.24) is 0 Å². The maximum atomic E-state index is 12.1. The Labute approximate surface area is 122 Å². The summed E-state index contributed by atoms with van der Waals surface area (Å²) in [5.41, 5.74) is 8.27. The predicted octanol–water partition coefficient (Wildman–Crippen LogP) is 3.49. The topological polar surface area (TPSA) is 64.3 Å². The van der Waals surface area contributed by atoms with Crippen LogP contribution in [-0.4, -0.2) is 13.0 Å². The van der Waals surface area contributed by atoms with E-state index in [0.29, 0.717) is 27.7 Å². The number of aryl methyl sites for hydroxylation is 1. The highest BCUT2D eigenvalue weighted by Gasteiger charge is 2.09. The summed E-state index contributed by atoms with van der Waals surface area (Å²) in [7, 11) is 1.52. The van der Waals surface area contributed by atoms with Crippen LogP contribution in [0, 0.1) is 6.92 Å². The van der Waals surface area contributed by atoms with Crippen molar-refractivity contribution in [3.63, 3.8) is 0 Å².